The van der Waals surface area contributed by atoms with E-state index in [-0.39, 0.29) is 29.0 Å². The predicted octanol–water partition coefficient (Wildman–Crippen LogP) is 5.46. The molecular formula is C26H24F2N6O3. The number of nitrogens with zero attached hydrogens (tertiary/aromatic N) is 3. The molecule has 0 saturated carbocycles. The fourth-order valence-electron chi connectivity index (χ4n) is 3.38. The molecule has 0 unspecified atom stereocenters. The summed E-state index contributed by atoms with van der Waals surface area (Å²) in [5.74, 6) is -0.681. The van der Waals surface area contributed by atoms with Crippen LogP contribution in [-0.2, 0) is 0 Å². The van der Waals surface area contributed by atoms with Gasteiger partial charge in [0.1, 0.15) is 34.6 Å². The summed E-state index contributed by atoms with van der Waals surface area (Å²) >= 11 is 0. The Balaban J connectivity index is 1.46. The average molecular weight is 507 g/mol. The highest BCUT2D eigenvalue weighted by atomic mass is 19.1. The second-order valence-corrected chi connectivity index (χ2v) is 8.31. The van der Waals surface area contributed by atoms with E-state index in [1.807, 2.05) is 13.8 Å². The van der Waals surface area contributed by atoms with Gasteiger partial charge in [-0.3, -0.25) is 15.1 Å². The van der Waals surface area contributed by atoms with E-state index in [1.165, 1.54) is 24.0 Å². The summed E-state index contributed by atoms with van der Waals surface area (Å²) < 4.78 is 34.6. The molecule has 190 valence electrons. The third-order valence-corrected chi connectivity index (χ3v) is 5.19. The van der Waals surface area contributed by atoms with Gasteiger partial charge in [-0.05, 0) is 48.4 Å². The predicted molar refractivity (Wildman–Crippen MR) is 134 cm³/mol. The quantitative estimate of drug-likeness (QED) is 0.308. The zero-order chi connectivity index (χ0) is 26.5. The van der Waals surface area contributed by atoms with Crippen molar-refractivity contribution in [3.05, 3.63) is 89.9 Å². The molecule has 0 aliphatic carbocycles. The van der Waals surface area contributed by atoms with Gasteiger partial charge in [0.25, 0.3) is 5.91 Å². The Bertz CT molecular complexity index is 1420. The molecule has 0 saturated heterocycles. The van der Waals surface area contributed by atoms with Crippen LogP contribution in [0.3, 0.4) is 0 Å². The number of ether oxygens (including phenoxy) is 1. The number of carbonyl (C=O) groups excluding carboxylic acids is 2. The molecule has 2 aromatic heterocycles. The summed E-state index contributed by atoms with van der Waals surface area (Å²) in [6.07, 6.45) is 1.47. The zero-order valence-corrected chi connectivity index (χ0v) is 20.3. The molecule has 0 radical (unpaired) electrons. The number of benzene rings is 2. The van der Waals surface area contributed by atoms with E-state index in [4.69, 9.17) is 4.74 Å². The van der Waals surface area contributed by atoms with Gasteiger partial charge in [-0.1, -0.05) is 13.8 Å². The van der Waals surface area contributed by atoms with Gasteiger partial charge in [0.05, 0.1) is 11.4 Å². The molecule has 4 rings (SSSR count). The van der Waals surface area contributed by atoms with Crippen LogP contribution in [0.15, 0.2) is 66.9 Å². The number of pyridine rings is 1. The molecule has 0 fully saturated rings. The van der Waals surface area contributed by atoms with Gasteiger partial charge in [-0.25, -0.2) is 18.3 Å². The van der Waals surface area contributed by atoms with Crippen LogP contribution in [0.2, 0.25) is 0 Å². The number of hydrogen-bond donors (Lipinski definition) is 3. The van der Waals surface area contributed by atoms with E-state index >= 15 is 0 Å². The Morgan fingerprint density at radius 2 is 1.62 bits per heavy atom. The number of halogens is 2. The molecule has 4 aromatic rings. The van der Waals surface area contributed by atoms with Crippen molar-refractivity contribution < 1.29 is 23.1 Å². The summed E-state index contributed by atoms with van der Waals surface area (Å²) in [6.45, 7) is 3.83. The van der Waals surface area contributed by atoms with Gasteiger partial charge in [0.2, 0.25) is 0 Å². The average Bonchev–Trinajstić information content (AvgIpc) is 3.28. The molecule has 3 N–H and O–H groups in total. The van der Waals surface area contributed by atoms with Gasteiger partial charge < -0.3 is 15.4 Å². The third-order valence-electron chi connectivity index (χ3n) is 5.19. The maximum absolute atomic E-state index is 13.8. The van der Waals surface area contributed by atoms with Gasteiger partial charge in [0.15, 0.2) is 0 Å². The highest BCUT2D eigenvalue weighted by Gasteiger charge is 2.16. The topological polar surface area (TPSA) is 110 Å². The van der Waals surface area contributed by atoms with Crippen molar-refractivity contribution in [1.82, 2.24) is 20.1 Å². The molecule has 0 aliphatic rings. The minimum Gasteiger partial charge on any atom is -0.457 e. The van der Waals surface area contributed by atoms with E-state index in [1.54, 1.807) is 36.4 Å². The second-order valence-electron chi connectivity index (χ2n) is 8.31. The van der Waals surface area contributed by atoms with Crippen LogP contribution < -0.4 is 20.7 Å². The molecular weight excluding hydrogens is 482 g/mol. The number of anilines is 2. The van der Waals surface area contributed by atoms with Crippen LogP contribution in [0.4, 0.5) is 25.1 Å². The molecule has 0 aliphatic heterocycles. The molecule has 0 atom stereocenters. The van der Waals surface area contributed by atoms with E-state index in [0.29, 0.717) is 22.9 Å². The zero-order valence-electron chi connectivity index (χ0n) is 20.3. The largest absolute Gasteiger partial charge is 0.457 e. The summed E-state index contributed by atoms with van der Waals surface area (Å²) in [7, 11) is 1.51. The Hall–Kier alpha value is -4.80. The summed E-state index contributed by atoms with van der Waals surface area (Å²) in [4.78, 5) is 28.4. The lowest BCUT2D eigenvalue weighted by Crippen LogP contribution is -2.21. The first-order valence-corrected chi connectivity index (χ1v) is 11.3. The molecule has 2 heterocycles. The van der Waals surface area contributed by atoms with Crippen LogP contribution in [0.1, 0.15) is 35.9 Å². The fourth-order valence-corrected chi connectivity index (χ4v) is 3.38. The van der Waals surface area contributed by atoms with Crippen molar-refractivity contribution >= 4 is 23.4 Å². The minimum absolute atomic E-state index is 0.0173. The summed E-state index contributed by atoms with van der Waals surface area (Å²) in [5, 5.41) is 12.3. The fraction of sp³-hybridized carbons (Fsp3) is 0.154. The second kappa shape index (κ2) is 10.9. The molecule has 37 heavy (non-hydrogen) atoms. The lowest BCUT2D eigenvalue weighted by molar-refractivity contribution is 0.0957. The van der Waals surface area contributed by atoms with Crippen molar-refractivity contribution in [3.8, 4) is 17.2 Å². The monoisotopic (exact) mass is 506 g/mol. The Kier molecular flexibility index (Phi) is 7.42. The molecule has 2 aromatic carbocycles. The maximum atomic E-state index is 13.8. The summed E-state index contributed by atoms with van der Waals surface area (Å²) in [5.41, 5.74) is 1.46. The molecule has 0 bridgehead atoms. The molecule has 0 spiro atoms. The van der Waals surface area contributed by atoms with E-state index in [2.05, 4.69) is 26.0 Å². The Labute approximate surface area is 211 Å². The van der Waals surface area contributed by atoms with Gasteiger partial charge >= 0.3 is 6.03 Å². The van der Waals surface area contributed by atoms with Gasteiger partial charge in [-0.2, -0.15) is 5.10 Å². The number of carbonyl (C=O) groups is 2. The standard InChI is InChI=1S/C26H24F2N6O3/c1-15(2)22-14-24(34(33-22)19-11-16(27)10-17(28)12-19)32-26(36)31-18-4-6-20(7-5-18)37-21-8-9-30-23(13-21)25(35)29-3/h4-15H,1-3H3,(H,29,35)(H2,31,32,36). The molecule has 9 nitrogen and oxygen atoms in total. The first kappa shape index (κ1) is 25.3. The van der Waals surface area contributed by atoms with Crippen LogP contribution in [0.25, 0.3) is 5.69 Å². The van der Waals surface area contributed by atoms with Gasteiger partial charge in [-0.15, -0.1) is 0 Å². The number of aromatic nitrogens is 3. The lowest BCUT2D eigenvalue weighted by atomic mass is 10.1. The Morgan fingerprint density at radius 1 is 0.919 bits per heavy atom. The van der Waals surface area contributed by atoms with Crippen LogP contribution >= 0.6 is 0 Å². The van der Waals surface area contributed by atoms with Gasteiger partial charge in [0, 0.05) is 37.1 Å². The number of amides is 3. The van der Waals surface area contributed by atoms with E-state index in [0.717, 1.165) is 18.2 Å². The Morgan fingerprint density at radius 3 is 2.27 bits per heavy atom. The lowest BCUT2D eigenvalue weighted by Gasteiger charge is -2.11. The van der Waals surface area contributed by atoms with E-state index in [9.17, 15) is 18.4 Å². The number of urea groups is 1. The van der Waals surface area contributed by atoms with Crippen molar-refractivity contribution in [2.75, 3.05) is 17.7 Å². The number of nitrogens with one attached hydrogen (secondary N) is 3. The minimum atomic E-state index is -0.758. The van der Waals surface area contributed by atoms with Crippen molar-refractivity contribution in [2.45, 2.75) is 19.8 Å². The first-order valence-electron chi connectivity index (χ1n) is 11.3. The van der Waals surface area contributed by atoms with Crippen LogP contribution in [0, 0.1) is 11.6 Å². The maximum Gasteiger partial charge on any atom is 0.324 e. The van der Waals surface area contributed by atoms with Crippen LogP contribution in [0.5, 0.6) is 11.5 Å². The molecule has 3 amide bonds. The number of hydrogen-bond acceptors (Lipinski definition) is 5. The molecule has 11 heteroatoms. The normalized spacial score (nSPS) is 10.8. The highest BCUT2D eigenvalue weighted by Crippen LogP contribution is 2.25. The summed E-state index contributed by atoms with van der Waals surface area (Å²) in [6, 6.07) is 13.8. The van der Waals surface area contributed by atoms with Crippen LogP contribution in [-0.4, -0.2) is 33.8 Å². The van der Waals surface area contributed by atoms with E-state index < -0.39 is 17.7 Å². The smallest absolute Gasteiger partial charge is 0.324 e. The van der Waals surface area contributed by atoms with Crippen molar-refractivity contribution in [2.24, 2.45) is 0 Å². The SMILES string of the molecule is CNC(=O)c1cc(Oc2ccc(NC(=O)Nc3cc(C(C)C)nn3-c3cc(F)cc(F)c3)cc2)ccn1. The number of rotatable bonds is 7. The van der Waals surface area contributed by atoms with Crippen molar-refractivity contribution in [3.63, 3.8) is 0 Å². The highest BCUT2D eigenvalue weighted by molar-refractivity contribution is 5.99. The third kappa shape index (κ3) is 6.26. The first-order chi connectivity index (χ1) is 17.7. The van der Waals surface area contributed by atoms with Crippen molar-refractivity contribution in [1.29, 1.82) is 0 Å².